The average molecular weight is 244 g/mol. The van der Waals surface area contributed by atoms with Crippen LogP contribution in [-0.2, 0) is 10.8 Å². The predicted molar refractivity (Wildman–Crippen MR) is 67.1 cm³/mol. The van der Waals surface area contributed by atoms with Crippen LogP contribution in [0.2, 0.25) is 0 Å². The quantitative estimate of drug-likeness (QED) is 0.604. The molecule has 0 bridgehead atoms. The average Bonchev–Trinajstić information content (AvgIpc) is 2.28. The second-order valence-corrected chi connectivity index (χ2v) is 5.69. The van der Waals surface area contributed by atoms with Gasteiger partial charge in [-0.15, -0.1) is 0 Å². The Bertz CT molecular complexity index is 579. The zero-order chi connectivity index (χ0) is 12.0. The van der Waals surface area contributed by atoms with Gasteiger partial charge in [-0.3, -0.25) is 0 Å². The third kappa shape index (κ3) is 1.67. The first-order valence-corrected chi connectivity index (χ1v) is 6.61. The van der Waals surface area contributed by atoms with E-state index in [1.54, 1.807) is 0 Å². The summed E-state index contributed by atoms with van der Waals surface area (Å²) in [5.74, 6) is 1.42. The molecule has 0 spiro atoms. The minimum absolute atomic E-state index is 0.710. The van der Waals surface area contributed by atoms with Crippen LogP contribution in [0, 0.1) is 13.8 Å². The van der Waals surface area contributed by atoms with Crippen LogP contribution in [0.15, 0.2) is 46.2 Å². The smallest absolute Gasteiger partial charge is 0.144 e. The topological polar surface area (TPSA) is 26.3 Å². The molecule has 0 N–H and O–H groups in total. The molecular weight excluding hydrogens is 232 g/mol. The first kappa shape index (κ1) is 10.5. The summed E-state index contributed by atoms with van der Waals surface area (Å²) in [7, 11) is -1.13. The van der Waals surface area contributed by atoms with Crippen LogP contribution in [-0.4, -0.2) is 4.21 Å². The zero-order valence-electron chi connectivity index (χ0n) is 9.69. The number of rotatable bonds is 0. The van der Waals surface area contributed by atoms with Gasteiger partial charge in [0.15, 0.2) is 0 Å². The highest BCUT2D eigenvalue weighted by atomic mass is 32.2. The van der Waals surface area contributed by atoms with Crippen LogP contribution in [0.1, 0.15) is 11.1 Å². The molecule has 2 nitrogen and oxygen atoms in total. The number of aryl methyl sites for hydroxylation is 2. The van der Waals surface area contributed by atoms with Gasteiger partial charge < -0.3 is 4.74 Å². The molecule has 0 aliphatic carbocycles. The Morgan fingerprint density at radius 1 is 0.882 bits per heavy atom. The van der Waals surface area contributed by atoms with Crippen molar-refractivity contribution in [3.63, 3.8) is 0 Å². The largest absolute Gasteiger partial charge is 0.455 e. The van der Waals surface area contributed by atoms with Crippen molar-refractivity contribution in [2.24, 2.45) is 0 Å². The van der Waals surface area contributed by atoms with Gasteiger partial charge in [-0.1, -0.05) is 12.1 Å². The Morgan fingerprint density at radius 2 is 1.35 bits per heavy atom. The summed E-state index contributed by atoms with van der Waals surface area (Å²) in [5.41, 5.74) is 2.22. The van der Waals surface area contributed by atoms with E-state index in [2.05, 4.69) is 0 Å². The van der Waals surface area contributed by atoms with E-state index in [4.69, 9.17) is 4.74 Å². The summed E-state index contributed by atoms with van der Waals surface area (Å²) in [4.78, 5) is 1.51. The van der Waals surface area contributed by atoms with E-state index in [9.17, 15) is 4.21 Å². The standard InChI is InChI=1S/C14H12O2S/c1-9-3-5-13-11(7-9)16-12-8-10(2)4-6-14(12)17(13)15/h3-8H,1-2H3. The SMILES string of the molecule is Cc1ccc2c(c1)Oc1cc(C)ccc1S2=O. The second-order valence-electron chi connectivity index (χ2n) is 4.27. The van der Waals surface area contributed by atoms with Crippen LogP contribution < -0.4 is 4.74 Å². The van der Waals surface area contributed by atoms with Gasteiger partial charge in [0.1, 0.15) is 11.5 Å². The van der Waals surface area contributed by atoms with E-state index in [1.165, 1.54) is 0 Å². The maximum atomic E-state index is 12.4. The van der Waals surface area contributed by atoms with E-state index in [1.807, 2.05) is 50.2 Å². The summed E-state index contributed by atoms with van der Waals surface area (Å²) < 4.78 is 18.2. The van der Waals surface area contributed by atoms with Gasteiger partial charge >= 0.3 is 0 Å². The summed E-state index contributed by atoms with van der Waals surface area (Å²) in [5, 5.41) is 0. The maximum absolute atomic E-state index is 12.4. The Kier molecular flexibility index (Phi) is 2.30. The van der Waals surface area contributed by atoms with Crippen molar-refractivity contribution in [2.45, 2.75) is 23.6 Å². The highest BCUT2D eigenvalue weighted by molar-refractivity contribution is 7.85. The summed E-state index contributed by atoms with van der Waals surface area (Å²) in [6, 6.07) is 11.5. The van der Waals surface area contributed by atoms with Crippen LogP contribution in [0.25, 0.3) is 0 Å². The van der Waals surface area contributed by atoms with Gasteiger partial charge in [-0.25, -0.2) is 4.21 Å². The second kappa shape index (κ2) is 3.70. The summed E-state index contributed by atoms with van der Waals surface area (Å²) in [6.45, 7) is 4.00. The molecule has 86 valence electrons. The molecule has 2 aromatic carbocycles. The number of hydrogen-bond acceptors (Lipinski definition) is 2. The van der Waals surface area contributed by atoms with Crippen molar-refractivity contribution in [3.8, 4) is 11.5 Å². The van der Waals surface area contributed by atoms with Crippen LogP contribution in [0.4, 0.5) is 0 Å². The van der Waals surface area contributed by atoms with Crippen molar-refractivity contribution in [2.75, 3.05) is 0 Å². The third-order valence-electron chi connectivity index (χ3n) is 2.82. The molecule has 0 radical (unpaired) electrons. The first-order valence-electron chi connectivity index (χ1n) is 5.46. The highest BCUT2D eigenvalue weighted by Crippen LogP contribution is 2.40. The minimum atomic E-state index is -1.13. The van der Waals surface area contributed by atoms with Crippen molar-refractivity contribution < 1.29 is 8.95 Å². The number of ether oxygens (including phenoxy) is 1. The Balaban J connectivity index is 2.21. The lowest BCUT2D eigenvalue weighted by Gasteiger charge is -2.20. The van der Waals surface area contributed by atoms with Crippen LogP contribution in [0.5, 0.6) is 11.5 Å². The molecule has 1 aliphatic rings. The molecule has 0 saturated carbocycles. The van der Waals surface area contributed by atoms with Crippen LogP contribution >= 0.6 is 0 Å². The van der Waals surface area contributed by atoms with E-state index >= 15 is 0 Å². The molecule has 0 saturated heterocycles. The minimum Gasteiger partial charge on any atom is -0.455 e. The maximum Gasteiger partial charge on any atom is 0.144 e. The molecule has 0 atom stereocenters. The lowest BCUT2D eigenvalue weighted by atomic mass is 10.2. The van der Waals surface area contributed by atoms with E-state index < -0.39 is 10.8 Å². The van der Waals surface area contributed by atoms with Crippen molar-refractivity contribution in [1.29, 1.82) is 0 Å². The van der Waals surface area contributed by atoms with E-state index in [-0.39, 0.29) is 0 Å². The molecule has 0 fully saturated rings. The van der Waals surface area contributed by atoms with Gasteiger partial charge in [0.2, 0.25) is 0 Å². The molecule has 2 aromatic rings. The lowest BCUT2D eigenvalue weighted by molar-refractivity contribution is 0.449. The molecular formula is C14H12O2S. The predicted octanol–water partition coefficient (Wildman–Crippen LogP) is 3.58. The van der Waals surface area contributed by atoms with Crippen molar-refractivity contribution >= 4 is 10.8 Å². The van der Waals surface area contributed by atoms with Gasteiger partial charge in [-0.2, -0.15) is 0 Å². The molecule has 0 unspecified atom stereocenters. The normalized spacial score (nSPS) is 13.8. The van der Waals surface area contributed by atoms with Crippen molar-refractivity contribution in [1.82, 2.24) is 0 Å². The monoisotopic (exact) mass is 244 g/mol. The van der Waals surface area contributed by atoms with Gasteiger partial charge in [0, 0.05) is 0 Å². The Hall–Kier alpha value is -1.61. The van der Waals surface area contributed by atoms with Crippen LogP contribution in [0.3, 0.4) is 0 Å². The fourth-order valence-electron chi connectivity index (χ4n) is 1.93. The highest BCUT2D eigenvalue weighted by Gasteiger charge is 2.23. The van der Waals surface area contributed by atoms with E-state index in [0.717, 1.165) is 20.9 Å². The molecule has 3 heteroatoms. The van der Waals surface area contributed by atoms with Gasteiger partial charge in [-0.05, 0) is 49.2 Å². The number of fused-ring (bicyclic) bond motifs is 2. The third-order valence-corrected chi connectivity index (χ3v) is 4.29. The fourth-order valence-corrected chi connectivity index (χ4v) is 3.12. The summed E-state index contributed by atoms with van der Waals surface area (Å²) in [6.07, 6.45) is 0. The van der Waals surface area contributed by atoms with E-state index in [0.29, 0.717) is 11.5 Å². The molecule has 1 heterocycles. The molecule has 3 rings (SSSR count). The fraction of sp³-hybridized carbons (Fsp3) is 0.143. The molecule has 0 amide bonds. The Morgan fingerprint density at radius 3 is 1.82 bits per heavy atom. The number of hydrogen-bond donors (Lipinski definition) is 0. The van der Waals surface area contributed by atoms with Gasteiger partial charge in [0.25, 0.3) is 0 Å². The Labute approximate surface area is 103 Å². The van der Waals surface area contributed by atoms with Gasteiger partial charge in [0.05, 0.1) is 20.6 Å². The lowest BCUT2D eigenvalue weighted by Crippen LogP contribution is -2.05. The summed E-state index contributed by atoms with van der Waals surface area (Å²) >= 11 is 0. The van der Waals surface area contributed by atoms with Crippen molar-refractivity contribution in [3.05, 3.63) is 47.5 Å². The number of benzene rings is 2. The molecule has 1 aliphatic heterocycles. The zero-order valence-corrected chi connectivity index (χ0v) is 10.5. The molecule has 17 heavy (non-hydrogen) atoms. The first-order chi connectivity index (χ1) is 8.15. The molecule has 0 aromatic heterocycles.